The molecule has 0 bridgehead atoms. The number of carbonyl (C=O) groups is 1. The van der Waals surface area contributed by atoms with Crippen LogP contribution in [-0.4, -0.2) is 63.2 Å². The van der Waals surface area contributed by atoms with Crippen LogP contribution in [0, 0.1) is 5.92 Å². The summed E-state index contributed by atoms with van der Waals surface area (Å²) in [6.45, 7) is 3.48. The van der Waals surface area contributed by atoms with Crippen LogP contribution < -0.4 is 0 Å². The summed E-state index contributed by atoms with van der Waals surface area (Å²) in [6, 6.07) is 0. The number of esters is 1. The van der Waals surface area contributed by atoms with Crippen molar-refractivity contribution in [2.75, 3.05) is 47.4 Å². The molecular formula is C12H24N2O2. The van der Waals surface area contributed by atoms with Gasteiger partial charge in [0, 0.05) is 13.1 Å². The number of likely N-dealkylation sites (tertiary alicyclic amines) is 1. The number of hydrogen-bond donors (Lipinski definition) is 0. The van der Waals surface area contributed by atoms with Crippen molar-refractivity contribution in [3.63, 3.8) is 0 Å². The molecule has 0 aromatic carbocycles. The number of piperidine rings is 1. The topological polar surface area (TPSA) is 32.8 Å². The van der Waals surface area contributed by atoms with Crippen molar-refractivity contribution in [1.82, 2.24) is 9.80 Å². The summed E-state index contributed by atoms with van der Waals surface area (Å²) in [5.74, 6) is 0.0865. The summed E-state index contributed by atoms with van der Waals surface area (Å²) in [7, 11) is 6.11. The van der Waals surface area contributed by atoms with E-state index in [2.05, 4.69) is 16.8 Å². The van der Waals surface area contributed by atoms with Crippen molar-refractivity contribution in [2.45, 2.75) is 19.3 Å². The molecule has 4 nitrogen and oxygen atoms in total. The Kier molecular flexibility index (Phi) is 5.77. The highest BCUT2D eigenvalue weighted by Gasteiger charge is 2.24. The fourth-order valence-corrected chi connectivity index (χ4v) is 2.03. The van der Waals surface area contributed by atoms with Crippen molar-refractivity contribution in [3.8, 4) is 0 Å². The zero-order chi connectivity index (χ0) is 12.0. The van der Waals surface area contributed by atoms with Crippen LogP contribution >= 0.6 is 0 Å². The third kappa shape index (κ3) is 4.94. The summed E-state index contributed by atoms with van der Waals surface area (Å²) in [6.07, 6.45) is 3.01. The Morgan fingerprint density at radius 2 is 2.25 bits per heavy atom. The molecule has 1 saturated heterocycles. The summed E-state index contributed by atoms with van der Waals surface area (Å²) >= 11 is 0. The first kappa shape index (κ1) is 13.5. The number of carbonyl (C=O) groups excluding carboxylic acids is 1. The second kappa shape index (κ2) is 6.86. The molecule has 0 saturated carbocycles. The van der Waals surface area contributed by atoms with Crippen molar-refractivity contribution in [3.05, 3.63) is 0 Å². The Morgan fingerprint density at radius 3 is 2.88 bits per heavy atom. The number of rotatable bonds is 5. The van der Waals surface area contributed by atoms with Gasteiger partial charge in [-0.2, -0.15) is 0 Å². The molecule has 0 aromatic rings. The molecule has 1 fully saturated rings. The molecule has 0 aliphatic carbocycles. The Bertz CT molecular complexity index is 219. The van der Waals surface area contributed by atoms with E-state index in [4.69, 9.17) is 4.74 Å². The van der Waals surface area contributed by atoms with Crippen LogP contribution in [0.3, 0.4) is 0 Å². The second-order valence-electron chi connectivity index (χ2n) is 4.93. The molecule has 1 aliphatic rings. The van der Waals surface area contributed by atoms with Crippen molar-refractivity contribution >= 4 is 5.97 Å². The molecule has 1 heterocycles. The van der Waals surface area contributed by atoms with Gasteiger partial charge in [0.25, 0.3) is 0 Å². The molecule has 16 heavy (non-hydrogen) atoms. The Balaban J connectivity index is 2.14. The first-order chi connectivity index (χ1) is 7.59. The van der Waals surface area contributed by atoms with Crippen LogP contribution in [0.1, 0.15) is 19.3 Å². The standard InChI is InChI=1S/C12H24N2O2/c1-13(2)7-5-9-16-12(15)11-6-4-8-14(3)10-11/h11H,4-10H2,1-3H3. The highest BCUT2D eigenvalue weighted by Crippen LogP contribution is 2.16. The van der Waals surface area contributed by atoms with Gasteiger partial charge >= 0.3 is 5.97 Å². The lowest BCUT2D eigenvalue weighted by Gasteiger charge is -2.28. The van der Waals surface area contributed by atoms with Crippen molar-refractivity contribution in [1.29, 1.82) is 0 Å². The minimum Gasteiger partial charge on any atom is -0.465 e. The molecule has 4 heteroatoms. The van der Waals surface area contributed by atoms with Crippen LogP contribution in [0.15, 0.2) is 0 Å². The largest absolute Gasteiger partial charge is 0.465 e. The lowest BCUT2D eigenvalue weighted by molar-refractivity contribution is -0.150. The van der Waals surface area contributed by atoms with E-state index in [-0.39, 0.29) is 11.9 Å². The van der Waals surface area contributed by atoms with Crippen LogP contribution in [0.25, 0.3) is 0 Å². The summed E-state index contributed by atoms with van der Waals surface area (Å²) < 4.78 is 5.29. The Hall–Kier alpha value is -0.610. The van der Waals surface area contributed by atoms with Gasteiger partial charge in [-0.3, -0.25) is 4.79 Å². The van der Waals surface area contributed by atoms with E-state index < -0.39 is 0 Å². The predicted octanol–water partition coefficient (Wildman–Crippen LogP) is 0.823. The predicted molar refractivity (Wildman–Crippen MR) is 64.4 cm³/mol. The molecule has 1 aliphatic heterocycles. The molecule has 1 atom stereocenters. The zero-order valence-corrected chi connectivity index (χ0v) is 10.7. The number of hydrogen-bond acceptors (Lipinski definition) is 4. The molecule has 0 amide bonds. The van der Waals surface area contributed by atoms with Crippen molar-refractivity contribution < 1.29 is 9.53 Å². The zero-order valence-electron chi connectivity index (χ0n) is 10.7. The highest BCUT2D eigenvalue weighted by molar-refractivity contribution is 5.72. The first-order valence-electron chi connectivity index (χ1n) is 6.09. The van der Waals surface area contributed by atoms with Gasteiger partial charge in [-0.05, 0) is 47.0 Å². The maximum absolute atomic E-state index is 11.7. The third-order valence-electron chi connectivity index (χ3n) is 2.95. The third-order valence-corrected chi connectivity index (χ3v) is 2.95. The average molecular weight is 228 g/mol. The van der Waals surface area contributed by atoms with Crippen molar-refractivity contribution in [2.24, 2.45) is 5.92 Å². The van der Waals surface area contributed by atoms with E-state index in [1.165, 1.54) is 0 Å². The van der Waals surface area contributed by atoms with E-state index >= 15 is 0 Å². The second-order valence-corrected chi connectivity index (χ2v) is 4.93. The van der Waals surface area contributed by atoms with Gasteiger partial charge in [0.2, 0.25) is 0 Å². The van der Waals surface area contributed by atoms with E-state index in [1.807, 2.05) is 14.1 Å². The average Bonchev–Trinajstić information content (AvgIpc) is 2.24. The van der Waals surface area contributed by atoms with E-state index in [0.717, 1.165) is 38.9 Å². The van der Waals surface area contributed by atoms with Crippen LogP contribution in [0.5, 0.6) is 0 Å². The number of ether oxygens (including phenoxy) is 1. The van der Waals surface area contributed by atoms with E-state index in [1.54, 1.807) is 0 Å². The lowest BCUT2D eigenvalue weighted by Crippen LogP contribution is -2.37. The quantitative estimate of drug-likeness (QED) is 0.515. The molecule has 94 valence electrons. The van der Waals surface area contributed by atoms with Gasteiger partial charge < -0.3 is 14.5 Å². The summed E-state index contributed by atoms with van der Waals surface area (Å²) in [5.41, 5.74) is 0. The number of nitrogens with zero attached hydrogens (tertiary/aromatic N) is 2. The smallest absolute Gasteiger partial charge is 0.310 e. The Morgan fingerprint density at radius 1 is 1.50 bits per heavy atom. The molecule has 0 N–H and O–H groups in total. The fraction of sp³-hybridized carbons (Fsp3) is 0.917. The van der Waals surface area contributed by atoms with E-state index in [0.29, 0.717) is 6.61 Å². The van der Waals surface area contributed by atoms with Crippen LogP contribution in [0.4, 0.5) is 0 Å². The SMILES string of the molecule is CN(C)CCCOC(=O)C1CCCN(C)C1. The monoisotopic (exact) mass is 228 g/mol. The van der Waals surface area contributed by atoms with Gasteiger partial charge in [0.05, 0.1) is 12.5 Å². The molecular weight excluding hydrogens is 204 g/mol. The fourth-order valence-electron chi connectivity index (χ4n) is 2.03. The molecule has 0 aromatic heterocycles. The van der Waals surface area contributed by atoms with Gasteiger partial charge in [-0.1, -0.05) is 0 Å². The van der Waals surface area contributed by atoms with E-state index in [9.17, 15) is 4.79 Å². The Labute approximate surface area is 98.5 Å². The van der Waals surface area contributed by atoms with Crippen LogP contribution in [-0.2, 0) is 9.53 Å². The lowest BCUT2D eigenvalue weighted by atomic mass is 9.99. The van der Waals surface area contributed by atoms with Gasteiger partial charge in [-0.25, -0.2) is 0 Å². The summed E-state index contributed by atoms with van der Waals surface area (Å²) in [4.78, 5) is 16.0. The van der Waals surface area contributed by atoms with Crippen LogP contribution in [0.2, 0.25) is 0 Å². The molecule has 0 radical (unpaired) electrons. The van der Waals surface area contributed by atoms with Gasteiger partial charge in [0.15, 0.2) is 0 Å². The summed E-state index contributed by atoms with van der Waals surface area (Å²) in [5, 5.41) is 0. The minimum absolute atomic E-state index is 0.00898. The maximum Gasteiger partial charge on any atom is 0.310 e. The van der Waals surface area contributed by atoms with Gasteiger partial charge in [0.1, 0.15) is 0 Å². The molecule has 1 unspecified atom stereocenters. The first-order valence-corrected chi connectivity index (χ1v) is 6.09. The maximum atomic E-state index is 11.7. The minimum atomic E-state index is -0.00898. The normalized spacial score (nSPS) is 22.4. The van der Waals surface area contributed by atoms with Gasteiger partial charge in [-0.15, -0.1) is 0 Å². The highest BCUT2D eigenvalue weighted by atomic mass is 16.5. The molecule has 1 rings (SSSR count). The molecule has 0 spiro atoms.